The first-order valence-electron chi connectivity index (χ1n) is 4.95. The van der Waals surface area contributed by atoms with Crippen molar-refractivity contribution in [3.63, 3.8) is 0 Å². The van der Waals surface area contributed by atoms with Gasteiger partial charge in [0.25, 0.3) is 10.1 Å². The quantitative estimate of drug-likeness (QED) is 0.300. The van der Waals surface area contributed by atoms with Crippen LogP contribution in [0.3, 0.4) is 0 Å². The molecule has 0 bridgehead atoms. The molecule has 0 amide bonds. The van der Waals surface area contributed by atoms with E-state index in [1.54, 1.807) is 0 Å². The van der Waals surface area contributed by atoms with Gasteiger partial charge in [0, 0.05) is 6.54 Å². The van der Waals surface area contributed by atoms with Crippen LogP contribution in [0.1, 0.15) is 6.92 Å². The van der Waals surface area contributed by atoms with Crippen molar-refractivity contribution in [3.05, 3.63) is 0 Å². The van der Waals surface area contributed by atoms with E-state index in [0.29, 0.717) is 0 Å². The summed E-state index contributed by atoms with van der Waals surface area (Å²) in [4.78, 5) is 0.947. The molecule has 1 unspecified atom stereocenters. The molecular formula is C8H19NO7S. The summed E-state index contributed by atoms with van der Waals surface area (Å²) in [5.41, 5.74) is -1.63. The molecule has 0 saturated carbocycles. The summed E-state index contributed by atoms with van der Waals surface area (Å²) in [6.45, 7) is -1.73. The topological polar surface area (TPSA) is 139 Å². The van der Waals surface area contributed by atoms with E-state index >= 15 is 0 Å². The molecule has 0 aliphatic heterocycles. The zero-order valence-corrected chi connectivity index (χ0v) is 10.3. The maximum Gasteiger partial charge on any atom is 0.281 e. The number of hydrogen-bond acceptors (Lipinski definition) is 7. The summed E-state index contributed by atoms with van der Waals surface area (Å²) in [7, 11) is -4.46. The number of rotatable bonds is 8. The zero-order chi connectivity index (χ0) is 13.7. The van der Waals surface area contributed by atoms with Gasteiger partial charge in [0.2, 0.25) is 0 Å². The van der Waals surface area contributed by atoms with Gasteiger partial charge in [-0.3, -0.25) is 9.45 Å². The lowest BCUT2D eigenvalue weighted by molar-refractivity contribution is -0.0584. The Morgan fingerprint density at radius 2 is 1.53 bits per heavy atom. The van der Waals surface area contributed by atoms with Crippen LogP contribution in [0.15, 0.2) is 0 Å². The predicted molar refractivity (Wildman–Crippen MR) is 58.8 cm³/mol. The maximum absolute atomic E-state index is 11.0. The standard InChI is InChI=1S/C8H19NO7S/c1-7(17(14,15)16)9(2-3-10)8(4-11,5-12)6-13/h7,10-13H,2-6H2,1H3,(H,14,15,16). The second kappa shape index (κ2) is 6.59. The molecule has 0 fully saturated rings. The van der Waals surface area contributed by atoms with Crippen molar-refractivity contribution in [1.82, 2.24) is 4.90 Å². The molecule has 5 N–H and O–H groups in total. The van der Waals surface area contributed by atoms with Crippen LogP contribution in [0.5, 0.6) is 0 Å². The minimum Gasteiger partial charge on any atom is -0.395 e. The largest absolute Gasteiger partial charge is 0.395 e. The van der Waals surface area contributed by atoms with Crippen molar-refractivity contribution >= 4 is 10.1 Å². The summed E-state index contributed by atoms with van der Waals surface area (Å²) in [6, 6.07) is 0. The third kappa shape index (κ3) is 3.85. The Labute approximate surface area is 99.9 Å². The monoisotopic (exact) mass is 273 g/mol. The SMILES string of the molecule is CC(N(CCO)C(CO)(CO)CO)S(=O)(=O)O. The molecule has 0 aliphatic carbocycles. The van der Waals surface area contributed by atoms with Crippen LogP contribution in [-0.2, 0) is 10.1 Å². The Morgan fingerprint density at radius 3 is 1.76 bits per heavy atom. The van der Waals surface area contributed by atoms with Crippen molar-refractivity contribution in [2.24, 2.45) is 0 Å². The van der Waals surface area contributed by atoms with Crippen LogP contribution in [0.2, 0.25) is 0 Å². The molecule has 9 heteroatoms. The summed E-state index contributed by atoms with van der Waals surface area (Å²) in [5.74, 6) is 0. The Kier molecular flexibility index (Phi) is 6.48. The summed E-state index contributed by atoms with van der Waals surface area (Å²) >= 11 is 0. The predicted octanol–water partition coefficient (Wildman–Crippen LogP) is -2.77. The van der Waals surface area contributed by atoms with Gasteiger partial charge in [-0.25, -0.2) is 0 Å². The first-order chi connectivity index (χ1) is 7.79. The van der Waals surface area contributed by atoms with Gasteiger partial charge in [-0.2, -0.15) is 8.42 Å². The van der Waals surface area contributed by atoms with E-state index in [0.717, 1.165) is 11.8 Å². The third-order valence-electron chi connectivity index (χ3n) is 2.70. The fraction of sp³-hybridized carbons (Fsp3) is 1.00. The summed E-state index contributed by atoms with van der Waals surface area (Å²) in [5, 5.41) is 34.9. The van der Waals surface area contributed by atoms with Crippen LogP contribution in [0.4, 0.5) is 0 Å². The molecule has 8 nitrogen and oxygen atoms in total. The van der Waals surface area contributed by atoms with Crippen LogP contribution < -0.4 is 0 Å². The van der Waals surface area contributed by atoms with E-state index in [4.69, 9.17) is 25.0 Å². The van der Waals surface area contributed by atoms with E-state index in [1.165, 1.54) is 0 Å². The van der Waals surface area contributed by atoms with Crippen molar-refractivity contribution in [3.8, 4) is 0 Å². The van der Waals surface area contributed by atoms with Crippen LogP contribution in [0.25, 0.3) is 0 Å². The number of nitrogens with zero attached hydrogens (tertiary/aromatic N) is 1. The number of aliphatic hydroxyl groups is 4. The molecule has 0 aromatic carbocycles. The molecule has 0 heterocycles. The van der Waals surface area contributed by atoms with Gasteiger partial charge >= 0.3 is 0 Å². The Balaban J connectivity index is 5.33. The number of β-amino-alcohol motifs (C(OH)–C–C–N with tert-alkyl or cyclic N) is 1. The highest BCUT2D eigenvalue weighted by Gasteiger charge is 2.41. The molecule has 0 spiro atoms. The number of aliphatic hydroxyl groups excluding tert-OH is 4. The van der Waals surface area contributed by atoms with Gasteiger partial charge < -0.3 is 20.4 Å². The van der Waals surface area contributed by atoms with Crippen molar-refractivity contribution in [2.45, 2.75) is 17.8 Å². The molecule has 0 aromatic heterocycles. The van der Waals surface area contributed by atoms with Crippen LogP contribution in [0, 0.1) is 0 Å². The fourth-order valence-corrected chi connectivity index (χ4v) is 2.15. The van der Waals surface area contributed by atoms with Crippen LogP contribution >= 0.6 is 0 Å². The van der Waals surface area contributed by atoms with E-state index in [1.807, 2.05) is 0 Å². The summed E-state index contributed by atoms with van der Waals surface area (Å²) < 4.78 is 31.0. The van der Waals surface area contributed by atoms with Gasteiger partial charge in [-0.1, -0.05) is 0 Å². The first kappa shape index (κ1) is 16.7. The third-order valence-corrected chi connectivity index (χ3v) is 3.82. The van der Waals surface area contributed by atoms with E-state index in [-0.39, 0.29) is 6.54 Å². The van der Waals surface area contributed by atoms with Gasteiger partial charge in [-0.05, 0) is 6.92 Å². The molecule has 0 radical (unpaired) electrons. The molecule has 0 aliphatic rings. The normalized spacial score (nSPS) is 15.2. The minimum absolute atomic E-state index is 0.233. The van der Waals surface area contributed by atoms with E-state index in [9.17, 15) is 8.42 Å². The van der Waals surface area contributed by atoms with Gasteiger partial charge in [-0.15, -0.1) is 0 Å². The molecule has 0 saturated heterocycles. The van der Waals surface area contributed by atoms with Crippen molar-refractivity contribution in [1.29, 1.82) is 0 Å². The van der Waals surface area contributed by atoms with Crippen molar-refractivity contribution in [2.75, 3.05) is 33.0 Å². The van der Waals surface area contributed by atoms with Crippen molar-refractivity contribution < 1.29 is 33.4 Å². The minimum atomic E-state index is -4.46. The second-order valence-corrected chi connectivity index (χ2v) is 5.44. The molecule has 104 valence electrons. The first-order valence-corrected chi connectivity index (χ1v) is 6.46. The smallest absolute Gasteiger partial charge is 0.281 e. The second-order valence-electron chi connectivity index (χ2n) is 3.73. The zero-order valence-electron chi connectivity index (χ0n) is 9.52. The lowest BCUT2D eigenvalue weighted by Crippen LogP contribution is -2.62. The van der Waals surface area contributed by atoms with Crippen LogP contribution in [-0.4, -0.2) is 82.2 Å². The van der Waals surface area contributed by atoms with E-state index < -0.39 is 47.5 Å². The highest BCUT2D eigenvalue weighted by atomic mass is 32.2. The Morgan fingerprint density at radius 1 is 1.12 bits per heavy atom. The Hall–Kier alpha value is -0.290. The highest BCUT2D eigenvalue weighted by Crippen LogP contribution is 2.20. The lowest BCUT2D eigenvalue weighted by atomic mass is 10.0. The van der Waals surface area contributed by atoms with E-state index in [2.05, 4.69) is 0 Å². The average Bonchev–Trinajstić information content (AvgIpc) is 2.28. The molecule has 1 atom stereocenters. The molecule has 17 heavy (non-hydrogen) atoms. The highest BCUT2D eigenvalue weighted by molar-refractivity contribution is 7.86. The number of hydrogen-bond donors (Lipinski definition) is 5. The lowest BCUT2D eigenvalue weighted by Gasteiger charge is -2.42. The molecule has 0 aromatic rings. The fourth-order valence-electron chi connectivity index (χ4n) is 1.50. The molecular weight excluding hydrogens is 254 g/mol. The van der Waals surface area contributed by atoms with Gasteiger partial charge in [0.05, 0.1) is 32.0 Å². The average molecular weight is 273 g/mol. The van der Waals surface area contributed by atoms with Gasteiger partial charge in [0.15, 0.2) is 0 Å². The van der Waals surface area contributed by atoms with Gasteiger partial charge in [0.1, 0.15) is 5.37 Å². The Bertz CT molecular complexity index is 306. The maximum atomic E-state index is 11.0. The molecule has 0 rings (SSSR count). The summed E-state index contributed by atoms with van der Waals surface area (Å²) in [6.07, 6.45) is 0.